The fourth-order valence-corrected chi connectivity index (χ4v) is 13.6. The zero-order chi connectivity index (χ0) is 52.7. The van der Waals surface area contributed by atoms with Crippen LogP contribution in [-0.4, -0.2) is 18.3 Å². The highest BCUT2D eigenvalue weighted by Crippen LogP contribution is 2.50. The molecule has 380 valence electrons. The van der Waals surface area contributed by atoms with Gasteiger partial charge in [0.2, 0.25) is 0 Å². The minimum absolute atomic E-state index is 0.0816. The highest BCUT2D eigenvalue weighted by molar-refractivity contribution is 6.10. The van der Waals surface area contributed by atoms with Crippen LogP contribution in [0.25, 0.3) is 60.3 Å². The summed E-state index contributed by atoms with van der Waals surface area (Å²) in [6.45, 7) is 2.18. The molecule has 0 saturated carbocycles. The third-order valence-corrected chi connectivity index (χ3v) is 17.2. The van der Waals surface area contributed by atoms with E-state index >= 15 is 0 Å². The second-order valence-corrected chi connectivity index (χ2v) is 21.5. The van der Waals surface area contributed by atoms with E-state index < -0.39 is 11.8 Å². The van der Waals surface area contributed by atoms with Crippen LogP contribution in [0.3, 0.4) is 0 Å². The molecule has 0 aliphatic heterocycles. The summed E-state index contributed by atoms with van der Waals surface area (Å²) in [7, 11) is 8.88. The molecular formula is C71H66N6. The van der Waals surface area contributed by atoms with Crippen LogP contribution in [0.5, 0.6) is 0 Å². The quantitative estimate of drug-likeness (QED) is 0.108. The average molecular weight is 1000 g/mol. The van der Waals surface area contributed by atoms with Crippen molar-refractivity contribution in [3.8, 4) is 12.1 Å². The number of fused-ring (bicyclic) bond motifs is 4. The normalized spacial score (nSPS) is 18.1. The van der Waals surface area contributed by atoms with Crippen LogP contribution < -0.4 is 0 Å². The molecule has 0 fully saturated rings. The van der Waals surface area contributed by atoms with Crippen LogP contribution in [-0.2, 0) is 28.2 Å². The Morgan fingerprint density at radius 1 is 0.545 bits per heavy atom. The first-order valence-electron chi connectivity index (χ1n) is 27.7. The molecule has 0 spiro atoms. The fraction of sp³-hybridized carbons (Fsp3) is 0.239. The zero-order valence-electron chi connectivity index (χ0n) is 45.0. The molecule has 0 saturated heterocycles. The Kier molecular flexibility index (Phi) is 13.4. The van der Waals surface area contributed by atoms with E-state index in [1.807, 2.05) is 0 Å². The van der Waals surface area contributed by atoms with E-state index in [4.69, 9.17) is 0 Å². The van der Waals surface area contributed by atoms with Gasteiger partial charge in [0.15, 0.2) is 0 Å². The predicted octanol–water partition coefficient (Wildman–Crippen LogP) is 17.2. The summed E-state index contributed by atoms with van der Waals surface area (Å²) in [5.74, 6) is -1.25. The van der Waals surface area contributed by atoms with E-state index in [1.54, 1.807) is 0 Å². The molecule has 4 aromatic heterocycles. The lowest BCUT2D eigenvalue weighted by atomic mass is 9.77. The van der Waals surface area contributed by atoms with Crippen LogP contribution in [0.15, 0.2) is 200 Å². The summed E-state index contributed by atoms with van der Waals surface area (Å²) in [6, 6.07) is 40.5. The van der Waals surface area contributed by atoms with E-state index in [9.17, 15) is 10.5 Å². The molecule has 4 heterocycles. The standard InChI is InChI=1S/C71H66N6/c1-47(42-43-57(64-53-34-18-22-38-60(53)74(2)68(64)48-26-10-6-11-27-48)65-54-35-19-23-39-61(54)75(3)69(65)49-28-12-7-13-29-49)58(52(45-72)46-73)44-59(66-55-36-20-24-40-62(55)76(4)70(66)50-30-14-8-15-31-50)67-56-37-21-25-41-63(56)77(5)71(67)51-32-16-9-17-33-51/h6-7,10-14,16,18-26,28,30-42,44,48-49,52,57-58H,8-9,15,17,27,29,43H2,1-5H3/b47-42+. The molecule has 0 radical (unpaired) electrons. The highest BCUT2D eigenvalue weighted by Gasteiger charge is 2.35. The Morgan fingerprint density at radius 3 is 1.38 bits per heavy atom. The number of aromatic nitrogens is 4. The Bertz CT molecular complexity index is 3830. The first kappa shape index (κ1) is 49.3. The lowest BCUT2D eigenvalue weighted by Gasteiger charge is -2.26. The maximum absolute atomic E-state index is 11.3. The Labute approximate surface area is 453 Å². The number of para-hydroxylation sites is 4. The number of rotatable bonds is 13. The van der Waals surface area contributed by atoms with Crippen LogP contribution in [0.1, 0.15) is 115 Å². The van der Waals surface area contributed by atoms with Gasteiger partial charge >= 0.3 is 0 Å². The second kappa shape index (κ2) is 20.9. The maximum Gasteiger partial charge on any atom is 0.143 e. The Balaban J connectivity index is 1.14. The molecule has 4 aliphatic carbocycles. The van der Waals surface area contributed by atoms with Gasteiger partial charge in [0.1, 0.15) is 5.92 Å². The van der Waals surface area contributed by atoms with Crippen LogP contribution in [0, 0.1) is 34.5 Å². The first-order chi connectivity index (χ1) is 37.8. The Morgan fingerprint density at radius 2 is 0.974 bits per heavy atom. The summed E-state index contributed by atoms with van der Waals surface area (Å²) < 4.78 is 9.62. The fourth-order valence-electron chi connectivity index (χ4n) is 13.6. The van der Waals surface area contributed by atoms with Gasteiger partial charge in [-0.05, 0) is 104 Å². The van der Waals surface area contributed by atoms with Crippen molar-refractivity contribution >= 4 is 60.3 Å². The predicted molar refractivity (Wildman–Crippen MR) is 321 cm³/mol. The van der Waals surface area contributed by atoms with Gasteiger partial charge in [-0.2, -0.15) is 10.5 Å². The molecule has 6 nitrogen and oxygen atoms in total. The largest absolute Gasteiger partial charge is 0.347 e. The van der Waals surface area contributed by atoms with Crippen molar-refractivity contribution in [2.45, 2.75) is 69.6 Å². The van der Waals surface area contributed by atoms with Crippen LogP contribution >= 0.6 is 0 Å². The van der Waals surface area contributed by atoms with E-state index in [1.165, 1.54) is 55.5 Å². The summed E-state index contributed by atoms with van der Waals surface area (Å²) in [4.78, 5) is 0. The number of nitrogens with zero attached hydrogens (tertiary/aromatic N) is 6. The van der Waals surface area contributed by atoms with Crippen LogP contribution in [0.2, 0.25) is 0 Å². The summed E-state index contributed by atoms with van der Waals surface area (Å²) in [6.07, 6.45) is 43.2. The highest BCUT2D eigenvalue weighted by atomic mass is 15.0. The van der Waals surface area contributed by atoms with Gasteiger partial charge in [-0.1, -0.05) is 176 Å². The lowest BCUT2D eigenvalue weighted by Crippen LogP contribution is -2.15. The van der Waals surface area contributed by atoms with E-state index in [-0.39, 0.29) is 17.8 Å². The third kappa shape index (κ3) is 8.48. The van der Waals surface area contributed by atoms with Gasteiger partial charge in [-0.15, -0.1) is 0 Å². The van der Waals surface area contributed by atoms with E-state index in [0.29, 0.717) is 6.42 Å². The van der Waals surface area contributed by atoms with Gasteiger partial charge in [0.05, 0.1) is 23.5 Å². The number of allylic oxidation sites excluding steroid dienone is 19. The first-order valence-corrected chi connectivity index (χ1v) is 27.7. The molecule has 6 heteroatoms. The molecule has 12 rings (SSSR count). The molecule has 0 amide bonds. The van der Waals surface area contributed by atoms with Crippen molar-refractivity contribution < 1.29 is 0 Å². The molecule has 3 atom stereocenters. The van der Waals surface area contributed by atoms with Crippen molar-refractivity contribution in [3.05, 3.63) is 245 Å². The van der Waals surface area contributed by atoms with Crippen molar-refractivity contribution in [1.82, 2.24) is 18.3 Å². The minimum Gasteiger partial charge on any atom is -0.347 e. The van der Waals surface area contributed by atoms with Crippen molar-refractivity contribution in [2.75, 3.05) is 0 Å². The molecule has 0 bridgehead atoms. The average Bonchev–Trinajstić information content (AvgIpc) is 4.35. The summed E-state index contributed by atoms with van der Waals surface area (Å²) in [5.41, 5.74) is 19.0. The number of hydrogen-bond acceptors (Lipinski definition) is 2. The monoisotopic (exact) mass is 1000 g/mol. The lowest BCUT2D eigenvalue weighted by molar-refractivity contribution is 0.651. The molecule has 8 aromatic rings. The molecule has 4 aromatic carbocycles. The van der Waals surface area contributed by atoms with Crippen molar-refractivity contribution in [1.29, 1.82) is 10.5 Å². The van der Waals surface area contributed by atoms with E-state index in [2.05, 4.69) is 260 Å². The number of benzene rings is 4. The Hall–Kier alpha value is -8.58. The molecule has 0 N–H and O–H groups in total. The minimum atomic E-state index is -0.973. The van der Waals surface area contributed by atoms with Gasteiger partial charge < -0.3 is 18.3 Å². The second-order valence-electron chi connectivity index (χ2n) is 21.5. The maximum atomic E-state index is 11.3. The topological polar surface area (TPSA) is 67.3 Å². The van der Waals surface area contributed by atoms with Crippen molar-refractivity contribution in [2.24, 2.45) is 40.0 Å². The summed E-state index contributed by atoms with van der Waals surface area (Å²) >= 11 is 0. The third-order valence-electron chi connectivity index (χ3n) is 17.2. The van der Waals surface area contributed by atoms with Crippen molar-refractivity contribution in [3.63, 3.8) is 0 Å². The molecule has 3 unspecified atom stereocenters. The van der Waals surface area contributed by atoms with Gasteiger partial charge in [0, 0.05) is 118 Å². The number of hydrogen-bond donors (Lipinski definition) is 0. The van der Waals surface area contributed by atoms with Gasteiger partial charge in [-0.3, -0.25) is 0 Å². The molecule has 4 aliphatic rings. The van der Waals surface area contributed by atoms with E-state index in [0.717, 1.165) is 94.0 Å². The summed E-state index contributed by atoms with van der Waals surface area (Å²) in [5, 5.41) is 27.4. The number of aryl methyl sites for hydroxylation is 4. The SMILES string of the molecule is C/C(=C\CC(c1c(C2C=CC=CC2)n(C)c2ccccc12)c1c(C2C=CC=CC2)n(C)c2ccccc12)C(C=C(c1c(C2=CCCC=C2)n(C)c2ccccc12)c1c(C2=CCCC=C2)n(C)c2ccccc12)C(C#N)C#N. The van der Waals surface area contributed by atoms with Gasteiger partial charge in [-0.25, -0.2) is 0 Å². The van der Waals surface area contributed by atoms with Gasteiger partial charge in [0.25, 0.3) is 0 Å². The molecular weight excluding hydrogens is 937 g/mol. The zero-order valence-corrected chi connectivity index (χ0v) is 45.0. The molecule has 77 heavy (non-hydrogen) atoms. The smallest absolute Gasteiger partial charge is 0.143 e. The number of nitriles is 2. The van der Waals surface area contributed by atoms with Crippen LogP contribution in [0.4, 0.5) is 0 Å².